The lowest BCUT2D eigenvalue weighted by atomic mass is 10.2. The summed E-state index contributed by atoms with van der Waals surface area (Å²) in [5.74, 6) is 0.310. The SMILES string of the molecule is CCCNC(=O)CN1CCN(C(=O)c2cccnc2OC)CC1. The molecule has 0 aliphatic carbocycles. The lowest BCUT2D eigenvalue weighted by Crippen LogP contribution is -2.51. The predicted molar refractivity (Wildman–Crippen MR) is 86.4 cm³/mol. The van der Waals surface area contributed by atoms with Crippen molar-refractivity contribution < 1.29 is 14.3 Å². The zero-order valence-corrected chi connectivity index (χ0v) is 13.7. The number of methoxy groups -OCH3 is 1. The maximum atomic E-state index is 12.6. The molecule has 2 heterocycles. The van der Waals surface area contributed by atoms with Crippen molar-refractivity contribution in [2.45, 2.75) is 13.3 Å². The van der Waals surface area contributed by atoms with Gasteiger partial charge in [-0.15, -0.1) is 0 Å². The first-order chi connectivity index (χ1) is 11.2. The Morgan fingerprint density at radius 3 is 2.70 bits per heavy atom. The summed E-state index contributed by atoms with van der Waals surface area (Å²) in [6.07, 6.45) is 2.53. The van der Waals surface area contributed by atoms with Crippen LogP contribution in [0, 0.1) is 0 Å². The summed E-state index contributed by atoms with van der Waals surface area (Å²) in [7, 11) is 1.51. The van der Waals surface area contributed by atoms with Crippen molar-refractivity contribution in [2.75, 3.05) is 46.4 Å². The van der Waals surface area contributed by atoms with Crippen molar-refractivity contribution in [1.82, 2.24) is 20.1 Å². The highest BCUT2D eigenvalue weighted by Gasteiger charge is 2.25. The molecule has 1 fully saturated rings. The number of nitrogens with zero attached hydrogens (tertiary/aromatic N) is 3. The summed E-state index contributed by atoms with van der Waals surface area (Å²) in [4.78, 5) is 32.2. The Hall–Kier alpha value is -2.15. The van der Waals surface area contributed by atoms with Gasteiger partial charge in [-0.1, -0.05) is 6.92 Å². The summed E-state index contributed by atoms with van der Waals surface area (Å²) in [6, 6.07) is 3.45. The molecule has 7 heteroatoms. The Morgan fingerprint density at radius 2 is 2.04 bits per heavy atom. The lowest BCUT2D eigenvalue weighted by molar-refractivity contribution is -0.122. The number of piperazine rings is 1. The highest BCUT2D eigenvalue weighted by molar-refractivity contribution is 5.96. The van der Waals surface area contributed by atoms with Crippen molar-refractivity contribution in [1.29, 1.82) is 0 Å². The lowest BCUT2D eigenvalue weighted by Gasteiger charge is -2.34. The molecule has 7 nitrogen and oxygen atoms in total. The van der Waals surface area contributed by atoms with Gasteiger partial charge in [0.1, 0.15) is 5.56 Å². The first kappa shape index (κ1) is 17.2. The number of carbonyl (C=O) groups excluding carboxylic acids is 2. The molecule has 0 radical (unpaired) electrons. The molecule has 126 valence electrons. The highest BCUT2D eigenvalue weighted by Crippen LogP contribution is 2.17. The van der Waals surface area contributed by atoms with Gasteiger partial charge in [0, 0.05) is 38.9 Å². The summed E-state index contributed by atoms with van der Waals surface area (Å²) in [5, 5.41) is 2.87. The molecule has 23 heavy (non-hydrogen) atoms. The third-order valence-corrected chi connectivity index (χ3v) is 3.79. The van der Waals surface area contributed by atoms with Gasteiger partial charge in [0.15, 0.2) is 0 Å². The largest absolute Gasteiger partial charge is 0.480 e. The third-order valence-electron chi connectivity index (χ3n) is 3.79. The van der Waals surface area contributed by atoms with Gasteiger partial charge in [-0.05, 0) is 18.6 Å². The quantitative estimate of drug-likeness (QED) is 0.820. The number of hydrogen-bond donors (Lipinski definition) is 1. The van der Waals surface area contributed by atoms with Crippen LogP contribution in [0.5, 0.6) is 5.88 Å². The summed E-state index contributed by atoms with van der Waals surface area (Å²) in [6.45, 7) is 5.69. The van der Waals surface area contributed by atoms with Gasteiger partial charge in [0.2, 0.25) is 11.8 Å². The van der Waals surface area contributed by atoms with E-state index in [1.165, 1.54) is 7.11 Å². The van der Waals surface area contributed by atoms with Gasteiger partial charge in [0.05, 0.1) is 13.7 Å². The summed E-state index contributed by atoms with van der Waals surface area (Å²) in [5.41, 5.74) is 0.476. The van der Waals surface area contributed by atoms with Gasteiger partial charge in [-0.2, -0.15) is 0 Å². The highest BCUT2D eigenvalue weighted by atomic mass is 16.5. The van der Waals surface area contributed by atoms with E-state index in [-0.39, 0.29) is 11.8 Å². The second kappa shape index (κ2) is 8.47. The van der Waals surface area contributed by atoms with E-state index in [0.717, 1.165) is 6.42 Å². The van der Waals surface area contributed by atoms with Crippen LogP contribution in [-0.4, -0.2) is 73.0 Å². The van der Waals surface area contributed by atoms with E-state index in [4.69, 9.17) is 4.74 Å². The standard InChI is InChI=1S/C16H24N4O3/c1-3-6-17-14(21)12-19-8-10-20(11-9-19)16(22)13-5-4-7-18-15(13)23-2/h4-5,7H,3,6,8-12H2,1-2H3,(H,17,21). The minimum atomic E-state index is -0.0787. The average Bonchev–Trinajstić information content (AvgIpc) is 2.60. The van der Waals surface area contributed by atoms with Crippen molar-refractivity contribution in [3.63, 3.8) is 0 Å². The molecule has 0 bridgehead atoms. The van der Waals surface area contributed by atoms with Crippen LogP contribution in [0.2, 0.25) is 0 Å². The molecule has 1 N–H and O–H groups in total. The van der Waals surface area contributed by atoms with Crippen LogP contribution in [0.25, 0.3) is 0 Å². The Labute approximate surface area is 136 Å². The normalized spacial score (nSPS) is 15.3. The van der Waals surface area contributed by atoms with Crippen molar-refractivity contribution in [3.8, 4) is 5.88 Å². The van der Waals surface area contributed by atoms with E-state index in [9.17, 15) is 9.59 Å². The molecule has 1 aromatic rings. The molecule has 0 atom stereocenters. The smallest absolute Gasteiger partial charge is 0.259 e. The number of aromatic nitrogens is 1. The molecule has 1 aliphatic heterocycles. The third kappa shape index (κ3) is 4.66. The number of nitrogens with one attached hydrogen (secondary N) is 1. The first-order valence-electron chi connectivity index (χ1n) is 7.93. The number of hydrogen-bond acceptors (Lipinski definition) is 5. The molecular weight excluding hydrogens is 296 g/mol. The molecule has 0 saturated carbocycles. The van der Waals surface area contributed by atoms with Crippen LogP contribution in [-0.2, 0) is 4.79 Å². The van der Waals surface area contributed by atoms with Crippen LogP contribution >= 0.6 is 0 Å². The number of rotatable bonds is 6. The summed E-state index contributed by atoms with van der Waals surface area (Å²) < 4.78 is 5.15. The van der Waals surface area contributed by atoms with E-state index < -0.39 is 0 Å². The molecule has 0 aromatic carbocycles. The zero-order chi connectivity index (χ0) is 16.7. The van der Waals surface area contributed by atoms with Crippen LogP contribution in [0.3, 0.4) is 0 Å². The van der Waals surface area contributed by atoms with Crippen LogP contribution < -0.4 is 10.1 Å². The average molecular weight is 320 g/mol. The van der Waals surface area contributed by atoms with E-state index in [0.29, 0.717) is 50.7 Å². The first-order valence-corrected chi connectivity index (χ1v) is 7.93. The monoisotopic (exact) mass is 320 g/mol. The Balaban J connectivity index is 1.86. The van der Waals surface area contributed by atoms with E-state index in [2.05, 4.69) is 15.2 Å². The van der Waals surface area contributed by atoms with E-state index >= 15 is 0 Å². The summed E-state index contributed by atoms with van der Waals surface area (Å²) >= 11 is 0. The fourth-order valence-electron chi connectivity index (χ4n) is 2.52. The zero-order valence-electron chi connectivity index (χ0n) is 13.7. The molecule has 0 spiro atoms. The Bertz CT molecular complexity index is 542. The fraction of sp³-hybridized carbons (Fsp3) is 0.562. The van der Waals surface area contributed by atoms with Gasteiger partial charge < -0.3 is 15.0 Å². The Morgan fingerprint density at radius 1 is 1.30 bits per heavy atom. The second-order valence-electron chi connectivity index (χ2n) is 5.48. The number of carbonyl (C=O) groups is 2. The van der Waals surface area contributed by atoms with Crippen molar-refractivity contribution >= 4 is 11.8 Å². The van der Waals surface area contributed by atoms with Crippen LogP contribution in [0.15, 0.2) is 18.3 Å². The minimum Gasteiger partial charge on any atom is -0.480 e. The van der Waals surface area contributed by atoms with E-state index in [1.54, 1.807) is 23.2 Å². The molecule has 1 saturated heterocycles. The maximum absolute atomic E-state index is 12.6. The Kier molecular flexibility index (Phi) is 6.34. The molecule has 1 aliphatic rings. The van der Waals surface area contributed by atoms with Gasteiger partial charge >= 0.3 is 0 Å². The fourth-order valence-corrected chi connectivity index (χ4v) is 2.52. The van der Waals surface area contributed by atoms with Crippen molar-refractivity contribution in [2.24, 2.45) is 0 Å². The molecular formula is C16H24N4O3. The predicted octanol–water partition coefficient (Wildman–Crippen LogP) is 0.374. The van der Waals surface area contributed by atoms with Crippen LogP contribution in [0.4, 0.5) is 0 Å². The van der Waals surface area contributed by atoms with Gasteiger partial charge in [-0.3, -0.25) is 14.5 Å². The van der Waals surface area contributed by atoms with Crippen LogP contribution in [0.1, 0.15) is 23.7 Å². The molecule has 1 aromatic heterocycles. The topological polar surface area (TPSA) is 74.8 Å². The van der Waals surface area contributed by atoms with Gasteiger partial charge in [-0.25, -0.2) is 4.98 Å². The molecule has 2 rings (SSSR count). The van der Waals surface area contributed by atoms with Gasteiger partial charge in [0.25, 0.3) is 5.91 Å². The number of amides is 2. The number of ether oxygens (including phenoxy) is 1. The van der Waals surface area contributed by atoms with Crippen molar-refractivity contribution in [3.05, 3.63) is 23.9 Å². The minimum absolute atomic E-state index is 0.0422. The number of pyridine rings is 1. The molecule has 2 amide bonds. The molecule has 0 unspecified atom stereocenters. The second-order valence-corrected chi connectivity index (χ2v) is 5.48. The van der Waals surface area contributed by atoms with E-state index in [1.807, 2.05) is 6.92 Å². The maximum Gasteiger partial charge on any atom is 0.259 e.